The zero-order valence-corrected chi connectivity index (χ0v) is 26.0. The number of rotatable bonds is 6. The van der Waals surface area contributed by atoms with E-state index in [1.807, 2.05) is 98.8 Å². The quantitative estimate of drug-likeness (QED) is 0.147. The van der Waals surface area contributed by atoms with Crippen LogP contribution in [0.25, 0.3) is 6.08 Å². The smallest absolute Gasteiger partial charge is 0.271 e. The van der Waals surface area contributed by atoms with Crippen LogP contribution in [-0.2, 0) is 11.4 Å². The molecule has 0 saturated carbocycles. The lowest BCUT2D eigenvalue weighted by molar-refractivity contribution is -0.113. The lowest BCUT2D eigenvalue weighted by Gasteiger charge is -2.16. The van der Waals surface area contributed by atoms with E-state index < -0.39 is 0 Å². The van der Waals surface area contributed by atoms with Crippen LogP contribution in [0, 0.1) is 21.0 Å². The van der Waals surface area contributed by atoms with Gasteiger partial charge in [0.25, 0.3) is 5.91 Å². The molecule has 4 aromatic rings. The highest BCUT2D eigenvalue weighted by Gasteiger charge is 2.35. The van der Waals surface area contributed by atoms with Gasteiger partial charge in [-0.3, -0.25) is 9.69 Å². The van der Waals surface area contributed by atoms with Gasteiger partial charge in [-0.2, -0.15) is 0 Å². The molecular weight excluding hydrogens is 718 g/mol. The molecule has 7 heteroatoms. The molecule has 0 spiro atoms. The van der Waals surface area contributed by atoms with Crippen LogP contribution < -0.4 is 9.64 Å². The summed E-state index contributed by atoms with van der Waals surface area (Å²) in [5.41, 5.74) is 5.77. The second kappa shape index (κ2) is 12.0. The fourth-order valence-corrected chi connectivity index (χ4v) is 7.16. The van der Waals surface area contributed by atoms with Gasteiger partial charge in [0.2, 0.25) is 0 Å². The number of hydrogen-bond acceptors (Lipinski definition) is 4. The van der Waals surface area contributed by atoms with Crippen molar-refractivity contribution in [1.82, 2.24) is 0 Å². The maximum Gasteiger partial charge on any atom is 0.271 e. The summed E-state index contributed by atoms with van der Waals surface area (Å²) < 4.78 is 8.37. The van der Waals surface area contributed by atoms with Crippen LogP contribution in [0.1, 0.15) is 22.3 Å². The van der Waals surface area contributed by atoms with E-state index in [4.69, 9.17) is 9.73 Å². The Bertz CT molecular complexity index is 1530. The van der Waals surface area contributed by atoms with Gasteiger partial charge in [-0.05, 0) is 118 Å². The molecule has 4 nitrogen and oxygen atoms in total. The molecule has 190 valence electrons. The summed E-state index contributed by atoms with van der Waals surface area (Å²) in [4.78, 5) is 21.2. The van der Waals surface area contributed by atoms with Crippen molar-refractivity contribution in [2.24, 2.45) is 4.99 Å². The van der Waals surface area contributed by atoms with E-state index in [1.165, 1.54) is 11.8 Å². The maximum absolute atomic E-state index is 13.9. The van der Waals surface area contributed by atoms with Gasteiger partial charge in [-0.15, -0.1) is 0 Å². The van der Waals surface area contributed by atoms with Gasteiger partial charge in [0, 0.05) is 9.13 Å². The second-order valence-corrected chi connectivity index (χ2v) is 12.2. The Hall–Kier alpha value is -2.63. The van der Waals surface area contributed by atoms with Crippen molar-refractivity contribution in [3.63, 3.8) is 0 Å². The van der Waals surface area contributed by atoms with Crippen molar-refractivity contribution in [2.75, 3.05) is 4.90 Å². The number of aliphatic imine (C=N–C) groups is 1. The highest BCUT2D eigenvalue weighted by molar-refractivity contribution is 14.1. The summed E-state index contributed by atoms with van der Waals surface area (Å²) in [6.45, 7) is 4.54. The molecule has 4 aromatic carbocycles. The Kier molecular flexibility index (Phi) is 8.54. The van der Waals surface area contributed by atoms with Gasteiger partial charge < -0.3 is 4.74 Å². The van der Waals surface area contributed by atoms with Crippen molar-refractivity contribution in [2.45, 2.75) is 20.5 Å². The molecule has 0 unspecified atom stereocenters. The third-order valence-electron chi connectivity index (χ3n) is 6.02. The molecule has 1 aliphatic rings. The summed E-state index contributed by atoms with van der Waals surface area (Å²) in [5.74, 6) is 0.663. The summed E-state index contributed by atoms with van der Waals surface area (Å²) in [5, 5.41) is 0.636. The Morgan fingerprint density at radius 3 is 2.24 bits per heavy atom. The maximum atomic E-state index is 13.9. The molecule has 0 aromatic heterocycles. The highest BCUT2D eigenvalue weighted by Crippen LogP contribution is 2.40. The molecular formula is C31H24I2N2O2S. The summed E-state index contributed by atoms with van der Waals surface area (Å²) in [6.07, 6.45) is 1.93. The van der Waals surface area contributed by atoms with E-state index in [2.05, 4.69) is 57.3 Å². The van der Waals surface area contributed by atoms with E-state index in [0.29, 0.717) is 16.7 Å². The molecule has 0 aliphatic carbocycles. The third kappa shape index (κ3) is 6.00. The molecule has 1 heterocycles. The standard InChI is InChI=1S/C31H24I2N2O2S/c1-20-10-9-11-21(2)28(20)34-31-35(25-14-7-4-8-15-25)30(36)27(38-31)17-23-16-24(32)18-26(33)29(23)37-19-22-12-5-3-6-13-22/h3-18H,19H2,1-2H3. The number of hydrogen-bond donors (Lipinski definition) is 0. The molecule has 0 N–H and O–H groups in total. The first-order chi connectivity index (χ1) is 18.4. The first kappa shape index (κ1) is 27.0. The number of carbonyl (C=O) groups excluding carboxylic acids is 1. The van der Waals surface area contributed by atoms with Crippen molar-refractivity contribution >= 4 is 85.5 Å². The second-order valence-electron chi connectivity index (χ2n) is 8.80. The first-order valence-electron chi connectivity index (χ1n) is 12.0. The van der Waals surface area contributed by atoms with Crippen molar-refractivity contribution < 1.29 is 9.53 Å². The number of aryl methyl sites for hydroxylation is 2. The fourth-order valence-electron chi connectivity index (χ4n) is 4.14. The van der Waals surface area contributed by atoms with E-state index >= 15 is 0 Å². The Morgan fingerprint density at radius 2 is 1.55 bits per heavy atom. The molecule has 0 bridgehead atoms. The SMILES string of the molecule is Cc1cccc(C)c1N=C1SC(=Cc2cc(I)cc(I)c2OCc2ccccc2)C(=O)N1c1ccccc1. The van der Waals surface area contributed by atoms with Crippen LogP contribution in [0.4, 0.5) is 11.4 Å². The Balaban J connectivity index is 1.57. The summed E-state index contributed by atoms with van der Waals surface area (Å²) >= 11 is 6.00. The summed E-state index contributed by atoms with van der Waals surface area (Å²) in [6, 6.07) is 30.0. The minimum Gasteiger partial charge on any atom is -0.487 e. The molecule has 1 saturated heterocycles. The van der Waals surface area contributed by atoms with Crippen LogP contribution in [0.3, 0.4) is 0 Å². The lowest BCUT2D eigenvalue weighted by atomic mass is 10.1. The lowest BCUT2D eigenvalue weighted by Crippen LogP contribution is -2.28. The Labute approximate surface area is 254 Å². The van der Waals surface area contributed by atoms with E-state index in [-0.39, 0.29) is 5.91 Å². The van der Waals surface area contributed by atoms with Gasteiger partial charge in [-0.1, -0.05) is 66.7 Å². The average Bonchev–Trinajstić information content (AvgIpc) is 3.21. The number of nitrogens with zero attached hydrogens (tertiary/aromatic N) is 2. The van der Waals surface area contributed by atoms with Crippen LogP contribution in [0.5, 0.6) is 5.75 Å². The minimum absolute atomic E-state index is 0.103. The van der Waals surface area contributed by atoms with Gasteiger partial charge in [0.15, 0.2) is 5.17 Å². The number of para-hydroxylation sites is 2. The Morgan fingerprint density at radius 1 is 0.895 bits per heavy atom. The van der Waals surface area contributed by atoms with Crippen molar-refractivity contribution in [3.8, 4) is 5.75 Å². The molecule has 1 aliphatic heterocycles. The fraction of sp³-hybridized carbons (Fsp3) is 0.0968. The number of amides is 1. The predicted octanol–water partition coefficient (Wildman–Crippen LogP) is 8.90. The zero-order chi connectivity index (χ0) is 26.6. The van der Waals surface area contributed by atoms with Gasteiger partial charge in [0.05, 0.1) is 19.9 Å². The largest absolute Gasteiger partial charge is 0.487 e. The zero-order valence-electron chi connectivity index (χ0n) is 20.8. The number of carbonyl (C=O) groups is 1. The monoisotopic (exact) mass is 742 g/mol. The predicted molar refractivity (Wildman–Crippen MR) is 175 cm³/mol. The molecule has 5 rings (SSSR count). The van der Waals surface area contributed by atoms with Crippen molar-refractivity contribution in [3.05, 3.63) is 125 Å². The topological polar surface area (TPSA) is 41.9 Å². The highest BCUT2D eigenvalue weighted by atomic mass is 127. The number of ether oxygens (including phenoxy) is 1. The van der Waals surface area contributed by atoms with Gasteiger partial charge in [0.1, 0.15) is 12.4 Å². The van der Waals surface area contributed by atoms with Crippen molar-refractivity contribution in [1.29, 1.82) is 0 Å². The minimum atomic E-state index is -0.103. The van der Waals surface area contributed by atoms with Gasteiger partial charge in [-0.25, -0.2) is 4.99 Å². The van der Waals surface area contributed by atoms with E-state index in [1.54, 1.807) is 4.90 Å². The number of benzene rings is 4. The first-order valence-corrected chi connectivity index (χ1v) is 15.0. The van der Waals surface area contributed by atoms with Crippen LogP contribution in [0.2, 0.25) is 0 Å². The molecule has 1 fully saturated rings. The summed E-state index contributed by atoms with van der Waals surface area (Å²) in [7, 11) is 0. The molecule has 0 atom stereocenters. The van der Waals surface area contributed by atoms with E-state index in [0.717, 1.165) is 46.5 Å². The van der Waals surface area contributed by atoms with Crippen LogP contribution in [-0.4, -0.2) is 11.1 Å². The average molecular weight is 742 g/mol. The number of halogens is 2. The molecule has 1 amide bonds. The third-order valence-corrected chi connectivity index (χ3v) is 8.41. The van der Waals surface area contributed by atoms with Gasteiger partial charge >= 0.3 is 0 Å². The van der Waals surface area contributed by atoms with Crippen LogP contribution >= 0.6 is 56.9 Å². The molecule has 0 radical (unpaired) electrons. The normalized spacial score (nSPS) is 15.5. The number of thioether (sulfide) groups is 1. The molecule has 38 heavy (non-hydrogen) atoms. The van der Waals surface area contributed by atoms with Crippen LogP contribution in [0.15, 0.2) is 101 Å². The van der Waals surface area contributed by atoms with E-state index in [9.17, 15) is 4.79 Å². The number of amidine groups is 1. The number of anilines is 1.